The first-order valence-corrected chi connectivity index (χ1v) is 10.7. The molecule has 2 saturated heterocycles. The summed E-state index contributed by atoms with van der Waals surface area (Å²) < 4.78 is 0. The monoisotopic (exact) mass is 412 g/mol. The molecule has 2 aliphatic heterocycles. The van der Waals surface area contributed by atoms with E-state index in [9.17, 15) is 19.2 Å². The molecule has 8 nitrogen and oxygen atoms in total. The first-order chi connectivity index (χ1) is 14.4. The van der Waals surface area contributed by atoms with Crippen molar-refractivity contribution in [2.45, 2.75) is 50.5 Å². The van der Waals surface area contributed by atoms with E-state index in [1.54, 1.807) is 31.3 Å². The van der Waals surface area contributed by atoms with E-state index in [0.29, 0.717) is 24.1 Å². The number of amides is 5. The van der Waals surface area contributed by atoms with E-state index < -0.39 is 17.5 Å². The van der Waals surface area contributed by atoms with Crippen LogP contribution in [0, 0.1) is 0 Å². The van der Waals surface area contributed by atoms with Gasteiger partial charge in [-0.3, -0.25) is 19.3 Å². The van der Waals surface area contributed by atoms with Crippen molar-refractivity contribution in [3.8, 4) is 0 Å². The topological polar surface area (TPSA) is 90.0 Å². The van der Waals surface area contributed by atoms with Gasteiger partial charge in [-0.2, -0.15) is 0 Å². The van der Waals surface area contributed by atoms with Crippen molar-refractivity contribution in [2.75, 3.05) is 32.0 Å². The van der Waals surface area contributed by atoms with Crippen LogP contribution in [-0.2, 0) is 9.59 Å². The van der Waals surface area contributed by atoms with Gasteiger partial charge in [0.25, 0.3) is 11.8 Å². The maximum absolute atomic E-state index is 13.0. The van der Waals surface area contributed by atoms with Crippen molar-refractivity contribution >= 4 is 29.4 Å². The maximum atomic E-state index is 13.0. The molecule has 1 spiro atoms. The molecule has 4 rings (SSSR count). The number of carbonyl (C=O) groups excluding carboxylic acids is 4. The number of nitrogens with zero attached hydrogens (tertiary/aromatic N) is 3. The minimum absolute atomic E-state index is 0.000506. The minimum Gasteiger partial charge on any atom is -0.339 e. The van der Waals surface area contributed by atoms with Gasteiger partial charge in [0.05, 0.1) is 0 Å². The molecule has 30 heavy (non-hydrogen) atoms. The molecule has 160 valence electrons. The number of hydrogen-bond donors (Lipinski definition) is 1. The molecule has 0 atom stereocenters. The molecule has 0 unspecified atom stereocenters. The summed E-state index contributed by atoms with van der Waals surface area (Å²) in [5.74, 6) is -0.701. The molecule has 0 aromatic heterocycles. The second kappa shape index (κ2) is 8.08. The predicted octanol–water partition coefficient (Wildman–Crippen LogP) is 2.46. The van der Waals surface area contributed by atoms with Crippen LogP contribution < -0.4 is 5.32 Å². The Hall–Kier alpha value is -2.90. The number of urea groups is 1. The molecular formula is C22H28N4O4. The minimum atomic E-state index is -0.785. The van der Waals surface area contributed by atoms with Crippen molar-refractivity contribution in [1.29, 1.82) is 0 Å². The van der Waals surface area contributed by atoms with E-state index >= 15 is 0 Å². The third-order valence-electron chi connectivity index (χ3n) is 6.59. The maximum Gasteiger partial charge on any atom is 0.327 e. The Balaban J connectivity index is 1.38. The first-order valence-electron chi connectivity index (χ1n) is 10.7. The molecular weight excluding hydrogens is 384 g/mol. The van der Waals surface area contributed by atoms with E-state index in [-0.39, 0.29) is 18.4 Å². The second-order valence-electron chi connectivity index (χ2n) is 8.45. The lowest BCUT2D eigenvalue weighted by molar-refractivity contribution is -0.136. The molecule has 5 amide bonds. The van der Waals surface area contributed by atoms with Gasteiger partial charge < -0.3 is 15.1 Å². The Labute approximate surface area is 176 Å². The lowest BCUT2D eigenvalue weighted by atomic mass is 9.81. The highest BCUT2D eigenvalue weighted by Crippen LogP contribution is 2.39. The SMILES string of the molecule is CN1C(=O)N(CC(=O)Nc2ccc(C(=O)N3CCCC3)cc2)C(=O)C12CCCCC2. The molecule has 1 aliphatic carbocycles. The zero-order valence-corrected chi connectivity index (χ0v) is 17.4. The van der Waals surface area contributed by atoms with Crippen LogP contribution in [0.25, 0.3) is 0 Å². The summed E-state index contributed by atoms with van der Waals surface area (Å²) in [6.07, 6.45) is 6.25. The van der Waals surface area contributed by atoms with Crippen LogP contribution in [0.2, 0.25) is 0 Å². The van der Waals surface area contributed by atoms with Gasteiger partial charge >= 0.3 is 6.03 Å². The number of likely N-dealkylation sites (N-methyl/N-ethyl adjacent to an activating group) is 1. The summed E-state index contributed by atoms with van der Waals surface area (Å²) in [4.78, 5) is 54.9. The summed E-state index contributed by atoms with van der Waals surface area (Å²) in [5, 5.41) is 2.72. The third-order valence-corrected chi connectivity index (χ3v) is 6.59. The summed E-state index contributed by atoms with van der Waals surface area (Å²) in [7, 11) is 1.65. The lowest BCUT2D eigenvalue weighted by Crippen LogP contribution is -2.49. The average molecular weight is 412 g/mol. The Kier molecular flexibility index (Phi) is 5.49. The van der Waals surface area contributed by atoms with E-state index in [2.05, 4.69) is 5.32 Å². The van der Waals surface area contributed by atoms with Crippen LogP contribution in [0.1, 0.15) is 55.3 Å². The van der Waals surface area contributed by atoms with Crippen LogP contribution in [0.5, 0.6) is 0 Å². The zero-order chi connectivity index (χ0) is 21.3. The molecule has 3 fully saturated rings. The number of hydrogen-bond acceptors (Lipinski definition) is 4. The fourth-order valence-corrected chi connectivity index (χ4v) is 4.81. The van der Waals surface area contributed by atoms with E-state index in [4.69, 9.17) is 0 Å². The van der Waals surface area contributed by atoms with Crippen molar-refractivity contribution in [3.05, 3.63) is 29.8 Å². The summed E-state index contributed by atoms with van der Waals surface area (Å²) >= 11 is 0. The number of benzene rings is 1. The van der Waals surface area contributed by atoms with Crippen LogP contribution in [0.15, 0.2) is 24.3 Å². The van der Waals surface area contributed by atoms with E-state index in [1.165, 1.54) is 4.90 Å². The van der Waals surface area contributed by atoms with Gasteiger partial charge in [-0.1, -0.05) is 19.3 Å². The molecule has 1 aromatic carbocycles. The summed E-state index contributed by atoms with van der Waals surface area (Å²) in [6.45, 7) is 1.26. The first kappa shape index (κ1) is 20.4. The molecule has 0 bridgehead atoms. The van der Waals surface area contributed by atoms with Crippen LogP contribution >= 0.6 is 0 Å². The van der Waals surface area contributed by atoms with Crippen molar-refractivity contribution < 1.29 is 19.2 Å². The number of likely N-dealkylation sites (tertiary alicyclic amines) is 1. The molecule has 8 heteroatoms. The predicted molar refractivity (Wildman–Crippen MR) is 111 cm³/mol. The van der Waals surface area contributed by atoms with Gasteiger partial charge in [0.15, 0.2) is 0 Å². The molecule has 0 radical (unpaired) electrons. The molecule has 1 aromatic rings. The number of carbonyl (C=O) groups is 4. The van der Waals surface area contributed by atoms with Crippen molar-refractivity contribution in [3.63, 3.8) is 0 Å². The Bertz CT molecular complexity index is 854. The van der Waals surface area contributed by atoms with Crippen LogP contribution in [-0.4, -0.2) is 70.7 Å². The molecule has 2 heterocycles. The largest absolute Gasteiger partial charge is 0.339 e. The van der Waals surface area contributed by atoms with Gasteiger partial charge in [-0.05, 0) is 49.9 Å². The van der Waals surface area contributed by atoms with Crippen molar-refractivity contribution in [1.82, 2.24) is 14.7 Å². The van der Waals surface area contributed by atoms with Gasteiger partial charge in [-0.15, -0.1) is 0 Å². The van der Waals surface area contributed by atoms with E-state index in [0.717, 1.165) is 50.1 Å². The van der Waals surface area contributed by atoms with Gasteiger partial charge in [0.2, 0.25) is 5.91 Å². The highest BCUT2D eigenvalue weighted by atomic mass is 16.2. The van der Waals surface area contributed by atoms with Crippen LogP contribution in [0.3, 0.4) is 0 Å². The smallest absolute Gasteiger partial charge is 0.327 e. The quantitative estimate of drug-likeness (QED) is 0.770. The Morgan fingerprint density at radius 2 is 1.60 bits per heavy atom. The second-order valence-corrected chi connectivity index (χ2v) is 8.45. The van der Waals surface area contributed by atoms with Crippen LogP contribution in [0.4, 0.5) is 10.5 Å². The summed E-state index contributed by atoms with van der Waals surface area (Å²) in [5.41, 5.74) is 0.325. The van der Waals surface area contributed by atoms with E-state index in [1.807, 2.05) is 4.90 Å². The van der Waals surface area contributed by atoms with Gasteiger partial charge in [0, 0.05) is 31.4 Å². The number of nitrogens with one attached hydrogen (secondary N) is 1. The molecule has 1 saturated carbocycles. The van der Waals surface area contributed by atoms with Crippen molar-refractivity contribution in [2.24, 2.45) is 0 Å². The summed E-state index contributed by atoms with van der Waals surface area (Å²) in [6, 6.07) is 6.30. The van der Waals surface area contributed by atoms with Gasteiger partial charge in [0.1, 0.15) is 12.1 Å². The highest BCUT2D eigenvalue weighted by molar-refractivity contribution is 6.10. The highest BCUT2D eigenvalue weighted by Gasteiger charge is 2.55. The number of rotatable bonds is 4. The number of anilines is 1. The average Bonchev–Trinajstić information content (AvgIpc) is 3.35. The molecule has 1 N–H and O–H groups in total. The lowest BCUT2D eigenvalue weighted by Gasteiger charge is -2.35. The third kappa shape index (κ3) is 3.55. The fraction of sp³-hybridized carbons (Fsp3) is 0.545. The Morgan fingerprint density at radius 3 is 2.23 bits per heavy atom. The van der Waals surface area contributed by atoms with Gasteiger partial charge in [-0.25, -0.2) is 4.79 Å². The Morgan fingerprint density at radius 1 is 0.967 bits per heavy atom. The zero-order valence-electron chi connectivity index (χ0n) is 17.4. The fourth-order valence-electron chi connectivity index (χ4n) is 4.81. The normalized spacial score (nSPS) is 20.9. The standard InChI is InChI=1S/C22H28N4O4/c1-24-21(30)26(20(29)22(24)11-3-2-4-12-22)15-18(27)23-17-9-7-16(8-10-17)19(28)25-13-5-6-14-25/h7-10H,2-6,11-15H2,1H3,(H,23,27). The molecule has 3 aliphatic rings. The number of imide groups is 1.